The topological polar surface area (TPSA) is 92.0 Å². The highest BCUT2D eigenvalue weighted by atomic mass is 16.3. The average Bonchev–Trinajstić information content (AvgIpc) is 3.05. The second-order valence-electron chi connectivity index (χ2n) is 5.79. The summed E-state index contributed by atoms with van der Waals surface area (Å²) in [4.78, 5) is 20.3. The van der Waals surface area contributed by atoms with Gasteiger partial charge in [0.15, 0.2) is 5.78 Å². The normalized spacial score (nSPS) is 10.9. The van der Waals surface area contributed by atoms with Gasteiger partial charge in [0, 0.05) is 29.0 Å². The van der Waals surface area contributed by atoms with Crippen LogP contribution in [0.5, 0.6) is 5.75 Å². The predicted octanol–water partition coefficient (Wildman–Crippen LogP) is 3.75. The van der Waals surface area contributed by atoms with E-state index in [-0.39, 0.29) is 11.5 Å². The number of nitrogen functional groups attached to an aromatic ring is 1. The van der Waals surface area contributed by atoms with Gasteiger partial charge in [0.1, 0.15) is 11.4 Å². The Morgan fingerprint density at radius 1 is 1.08 bits per heavy atom. The monoisotopic (exact) mass is 329 g/mol. The van der Waals surface area contributed by atoms with Gasteiger partial charge in [0.25, 0.3) is 0 Å². The molecule has 0 aliphatic rings. The Hall–Kier alpha value is -3.60. The molecule has 0 aliphatic heterocycles. The quantitative estimate of drug-likeness (QED) is 0.394. The number of hydrogen-bond donors (Lipinski definition) is 3. The van der Waals surface area contributed by atoms with Gasteiger partial charge in [0.05, 0.1) is 5.56 Å². The van der Waals surface area contributed by atoms with Crippen LogP contribution in [0.3, 0.4) is 0 Å². The summed E-state index contributed by atoms with van der Waals surface area (Å²) in [5.74, 6) is -0.125. The number of pyridine rings is 1. The molecule has 4 rings (SSSR count). The molecule has 0 saturated carbocycles. The number of aromatic amines is 1. The number of H-pyrrole nitrogens is 1. The van der Waals surface area contributed by atoms with E-state index in [0.29, 0.717) is 22.5 Å². The average molecular weight is 329 g/mol. The highest BCUT2D eigenvalue weighted by molar-refractivity contribution is 6.18. The summed E-state index contributed by atoms with van der Waals surface area (Å²) in [7, 11) is 0. The molecule has 0 amide bonds. The molecule has 0 radical (unpaired) electrons. The predicted molar refractivity (Wildman–Crippen MR) is 97.5 cm³/mol. The van der Waals surface area contributed by atoms with E-state index in [1.54, 1.807) is 24.5 Å². The van der Waals surface area contributed by atoms with Gasteiger partial charge in [-0.2, -0.15) is 0 Å². The molecule has 0 saturated heterocycles. The Morgan fingerprint density at radius 3 is 2.72 bits per heavy atom. The number of benzene rings is 2. The number of hydrogen-bond acceptors (Lipinski definition) is 4. The Bertz CT molecular complexity index is 1100. The van der Waals surface area contributed by atoms with Crippen LogP contribution in [-0.4, -0.2) is 20.9 Å². The van der Waals surface area contributed by atoms with E-state index in [1.165, 1.54) is 12.1 Å². The van der Waals surface area contributed by atoms with Gasteiger partial charge in [-0.3, -0.25) is 4.79 Å². The summed E-state index contributed by atoms with van der Waals surface area (Å²) in [5, 5.41) is 10.4. The molecular formula is C20H15N3O2. The lowest BCUT2D eigenvalue weighted by atomic mass is 9.97. The number of nitrogens with zero attached hydrogens (tertiary/aromatic N) is 1. The zero-order valence-electron chi connectivity index (χ0n) is 13.2. The molecule has 122 valence electrons. The van der Waals surface area contributed by atoms with Crippen LogP contribution in [0.25, 0.3) is 22.2 Å². The largest absolute Gasteiger partial charge is 0.508 e. The SMILES string of the molecule is Nc1cccc(-c2ccnc3[nH]cc(C(=O)c4cccc(O)c4)c23)c1. The minimum absolute atomic E-state index is 0.0554. The van der Waals surface area contributed by atoms with E-state index in [0.717, 1.165) is 16.5 Å². The molecular weight excluding hydrogens is 314 g/mol. The summed E-state index contributed by atoms with van der Waals surface area (Å²) in [6, 6.07) is 15.7. The van der Waals surface area contributed by atoms with E-state index in [4.69, 9.17) is 5.73 Å². The number of carbonyl (C=O) groups is 1. The maximum absolute atomic E-state index is 12.9. The van der Waals surface area contributed by atoms with Crippen LogP contribution >= 0.6 is 0 Å². The minimum Gasteiger partial charge on any atom is -0.508 e. The fraction of sp³-hybridized carbons (Fsp3) is 0. The van der Waals surface area contributed by atoms with E-state index in [9.17, 15) is 9.90 Å². The van der Waals surface area contributed by atoms with Crippen LogP contribution in [-0.2, 0) is 0 Å². The first-order chi connectivity index (χ1) is 12.1. The first-order valence-corrected chi connectivity index (χ1v) is 7.79. The standard InChI is InChI=1S/C20H15N3O2/c21-14-5-1-3-12(9-14)16-7-8-22-20-18(16)17(11-23-20)19(25)13-4-2-6-15(24)10-13/h1-11,24H,21H2,(H,22,23). The van der Waals surface area contributed by atoms with Crippen molar-refractivity contribution in [2.45, 2.75) is 0 Å². The maximum Gasteiger partial charge on any atom is 0.195 e. The van der Waals surface area contributed by atoms with Crippen LogP contribution in [0.4, 0.5) is 5.69 Å². The second kappa shape index (κ2) is 5.79. The van der Waals surface area contributed by atoms with Crippen LogP contribution in [0.2, 0.25) is 0 Å². The number of aromatic nitrogens is 2. The molecule has 0 atom stereocenters. The second-order valence-corrected chi connectivity index (χ2v) is 5.79. The van der Waals surface area contributed by atoms with E-state index >= 15 is 0 Å². The lowest BCUT2D eigenvalue weighted by Gasteiger charge is -2.07. The number of aromatic hydroxyl groups is 1. The van der Waals surface area contributed by atoms with Crippen LogP contribution in [0.15, 0.2) is 67.0 Å². The summed E-state index contributed by atoms with van der Waals surface area (Å²) in [6.07, 6.45) is 3.35. The van der Waals surface area contributed by atoms with E-state index in [1.807, 2.05) is 30.3 Å². The van der Waals surface area contributed by atoms with Gasteiger partial charge < -0.3 is 15.8 Å². The summed E-state index contributed by atoms with van der Waals surface area (Å²) < 4.78 is 0. The minimum atomic E-state index is -0.180. The van der Waals surface area contributed by atoms with E-state index < -0.39 is 0 Å². The zero-order valence-corrected chi connectivity index (χ0v) is 13.2. The smallest absolute Gasteiger partial charge is 0.195 e. The fourth-order valence-electron chi connectivity index (χ4n) is 2.99. The van der Waals surface area contributed by atoms with Crippen molar-refractivity contribution in [3.05, 3.63) is 78.1 Å². The van der Waals surface area contributed by atoms with Crippen molar-refractivity contribution >= 4 is 22.5 Å². The Morgan fingerprint density at radius 2 is 1.92 bits per heavy atom. The number of nitrogens with two attached hydrogens (primary N) is 1. The number of carbonyl (C=O) groups excluding carboxylic acids is 1. The molecule has 0 fully saturated rings. The molecule has 0 aliphatic carbocycles. The lowest BCUT2D eigenvalue weighted by Crippen LogP contribution is -2.00. The van der Waals surface area contributed by atoms with Gasteiger partial charge in [0.2, 0.25) is 0 Å². The molecule has 0 spiro atoms. The van der Waals surface area contributed by atoms with Gasteiger partial charge in [-0.1, -0.05) is 24.3 Å². The molecule has 5 heteroatoms. The highest BCUT2D eigenvalue weighted by Gasteiger charge is 2.18. The molecule has 2 aromatic heterocycles. The van der Waals surface area contributed by atoms with Crippen molar-refractivity contribution in [1.29, 1.82) is 0 Å². The maximum atomic E-state index is 12.9. The molecule has 0 unspecified atom stereocenters. The van der Waals surface area contributed by atoms with Crippen LogP contribution in [0, 0.1) is 0 Å². The fourth-order valence-corrected chi connectivity index (χ4v) is 2.99. The molecule has 4 aromatic rings. The molecule has 4 N–H and O–H groups in total. The van der Waals surface area contributed by atoms with Crippen molar-refractivity contribution in [3.63, 3.8) is 0 Å². The highest BCUT2D eigenvalue weighted by Crippen LogP contribution is 2.32. The number of phenols is 1. The number of nitrogens with one attached hydrogen (secondary N) is 1. The lowest BCUT2D eigenvalue weighted by molar-refractivity contribution is 0.104. The third-order valence-electron chi connectivity index (χ3n) is 4.12. The third-order valence-corrected chi connectivity index (χ3v) is 4.12. The number of anilines is 1. The summed E-state index contributed by atoms with van der Waals surface area (Å²) >= 11 is 0. The number of fused-ring (bicyclic) bond motifs is 1. The Balaban J connectivity index is 1.93. The Labute approximate surface area is 143 Å². The molecule has 0 bridgehead atoms. The van der Waals surface area contributed by atoms with Gasteiger partial charge in [-0.05, 0) is 41.5 Å². The number of phenolic OH excluding ortho intramolecular Hbond substituents is 1. The summed E-state index contributed by atoms with van der Waals surface area (Å²) in [6.45, 7) is 0. The van der Waals surface area contributed by atoms with Gasteiger partial charge in [-0.15, -0.1) is 0 Å². The third kappa shape index (κ3) is 2.61. The van der Waals surface area contributed by atoms with Gasteiger partial charge in [-0.25, -0.2) is 4.98 Å². The number of rotatable bonds is 3. The van der Waals surface area contributed by atoms with Crippen molar-refractivity contribution in [3.8, 4) is 16.9 Å². The van der Waals surface area contributed by atoms with Crippen molar-refractivity contribution < 1.29 is 9.90 Å². The molecule has 5 nitrogen and oxygen atoms in total. The van der Waals surface area contributed by atoms with Crippen molar-refractivity contribution in [2.24, 2.45) is 0 Å². The van der Waals surface area contributed by atoms with E-state index in [2.05, 4.69) is 9.97 Å². The summed E-state index contributed by atoms with van der Waals surface area (Å²) in [5.41, 5.74) is 9.90. The van der Waals surface area contributed by atoms with Crippen molar-refractivity contribution in [2.75, 3.05) is 5.73 Å². The van der Waals surface area contributed by atoms with Crippen LogP contribution < -0.4 is 5.73 Å². The zero-order chi connectivity index (χ0) is 17.4. The van der Waals surface area contributed by atoms with Gasteiger partial charge >= 0.3 is 0 Å². The molecule has 25 heavy (non-hydrogen) atoms. The Kier molecular flexibility index (Phi) is 3.47. The first kappa shape index (κ1) is 15.0. The van der Waals surface area contributed by atoms with Crippen LogP contribution in [0.1, 0.15) is 15.9 Å². The first-order valence-electron chi connectivity index (χ1n) is 7.79. The molecule has 2 heterocycles. The molecule has 2 aromatic carbocycles. The van der Waals surface area contributed by atoms with Crippen molar-refractivity contribution in [1.82, 2.24) is 9.97 Å². The number of ketones is 1.